The molecule has 0 aliphatic heterocycles. The van der Waals surface area contributed by atoms with E-state index in [1.807, 2.05) is 36.4 Å². The smallest absolute Gasteiger partial charge is 0.118 e. The third kappa shape index (κ3) is 5.04. The number of hydrogen-bond donors (Lipinski definition) is 1. The Bertz CT molecular complexity index is 776. The van der Waals surface area contributed by atoms with Gasteiger partial charge in [0.2, 0.25) is 0 Å². The topological polar surface area (TPSA) is 44.5 Å². The fraction of sp³-hybridized carbons (Fsp3) is 0.250. The van der Waals surface area contributed by atoms with Gasteiger partial charge in [-0.3, -0.25) is 0 Å². The average Bonchev–Trinajstić information content (AvgIpc) is 2.73. The van der Waals surface area contributed by atoms with Gasteiger partial charge in [0.1, 0.15) is 11.5 Å². The Balaban J connectivity index is 1.76. The number of anilines is 1. The molecule has 0 aliphatic rings. The van der Waals surface area contributed by atoms with E-state index in [4.69, 9.17) is 15.2 Å². The first-order valence-corrected chi connectivity index (χ1v) is 9.32. The van der Waals surface area contributed by atoms with Crippen molar-refractivity contribution in [3.8, 4) is 11.5 Å². The van der Waals surface area contributed by atoms with Crippen molar-refractivity contribution in [3.63, 3.8) is 0 Å². The molecular formula is C24H27NO2. The van der Waals surface area contributed by atoms with E-state index in [2.05, 4.69) is 36.4 Å². The second-order valence-electron chi connectivity index (χ2n) is 6.73. The Kier molecular flexibility index (Phi) is 6.37. The minimum Gasteiger partial charge on any atom is -0.497 e. The van der Waals surface area contributed by atoms with Crippen molar-refractivity contribution in [2.24, 2.45) is 0 Å². The van der Waals surface area contributed by atoms with E-state index in [0.717, 1.165) is 36.4 Å². The first kappa shape index (κ1) is 18.8. The highest BCUT2D eigenvalue weighted by atomic mass is 16.5. The van der Waals surface area contributed by atoms with Gasteiger partial charge in [0, 0.05) is 11.6 Å². The summed E-state index contributed by atoms with van der Waals surface area (Å²) in [6.45, 7) is 0. The highest BCUT2D eigenvalue weighted by Crippen LogP contribution is 2.32. The van der Waals surface area contributed by atoms with Gasteiger partial charge >= 0.3 is 0 Å². The molecule has 0 radical (unpaired) electrons. The number of ether oxygens (including phenoxy) is 2. The van der Waals surface area contributed by atoms with Crippen LogP contribution in [-0.4, -0.2) is 14.2 Å². The minimum atomic E-state index is 0.343. The normalized spacial score (nSPS) is 10.8. The van der Waals surface area contributed by atoms with Crippen LogP contribution in [0.25, 0.3) is 0 Å². The lowest BCUT2D eigenvalue weighted by atomic mass is 9.86. The van der Waals surface area contributed by atoms with Crippen LogP contribution in [0.2, 0.25) is 0 Å². The standard InChI is InChI=1S/C24H27NO2/c1-26-22-14-8-19(9-15-22)24(20-10-16-23(27-2)17-11-20)5-3-4-18-6-12-21(25)13-7-18/h6-17,24H,3-5,25H2,1-2H3. The Morgan fingerprint density at radius 2 is 1.19 bits per heavy atom. The van der Waals surface area contributed by atoms with E-state index in [-0.39, 0.29) is 0 Å². The number of nitrogen functional groups attached to an aromatic ring is 1. The van der Waals surface area contributed by atoms with E-state index >= 15 is 0 Å². The van der Waals surface area contributed by atoms with E-state index in [1.165, 1.54) is 16.7 Å². The number of rotatable bonds is 8. The number of methoxy groups -OCH3 is 2. The van der Waals surface area contributed by atoms with Crippen molar-refractivity contribution in [1.29, 1.82) is 0 Å². The van der Waals surface area contributed by atoms with Gasteiger partial charge in [-0.1, -0.05) is 36.4 Å². The van der Waals surface area contributed by atoms with Crippen LogP contribution in [0, 0.1) is 0 Å². The molecule has 0 amide bonds. The van der Waals surface area contributed by atoms with Gasteiger partial charge < -0.3 is 15.2 Å². The monoisotopic (exact) mass is 361 g/mol. The molecule has 3 aromatic rings. The molecule has 0 unspecified atom stereocenters. The Hall–Kier alpha value is -2.94. The lowest BCUT2D eigenvalue weighted by Crippen LogP contribution is -2.03. The molecule has 0 atom stereocenters. The lowest BCUT2D eigenvalue weighted by molar-refractivity contribution is 0.414. The van der Waals surface area contributed by atoms with E-state index in [1.54, 1.807) is 14.2 Å². The third-order valence-corrected chi connectivity index (χ3v) is 4.97. The predicted molar refractivity (Wildman–Crippen MR) is 112 cm³/mol. The highest BCUT2D eigenvalue weighted by Gasteiger charge is 2.14. The summed E-state index contributed by atoms with van der Waals surface area (Å²) in [7, 11) is 3.39. The van der Waals surface area contributed by atoms with Gasteiger partial charge in [-0.05, 0) is 72.4 Å². The quantitative estimate of drug-likeness (QED) is 0.543. The highest BCUT2D eigenvalue weighted by molar-refractivity contribution is 5.40. The summed E-state index contributed by atoms with van der Waals surface area (Å²) in [5.41, 5.74) is 10.5. The summed E-state index contributed by atoms with van der Waals surface area (Å²) in [5.74, 6) is 2.11. The fourth-order valence-corrected chi connectivity index (χ4v) is 3.39. The molecule has 3 rings (SSSR count). The van der Waals surface area contributed by atoms with Crippen LogP contribution < -0.4 is 15.2 Å². The molecule has 0 aromatic heterocycles. The molecule has 2 N–H and O–H groups in total. The van der Waals surface area contributed by atoms with E-state index in [0.29, 0.717) is 5.92 Å². The molecule has 0 saturated heterocycles. The van der Waals surface area contributed by atoms with Crippen LogP contribution in [0.3, 0.4) is 0 Å². The van der Waals surface area contributed by atoms with Gasteiger partial charge in [0.25, 0.3) is 0 Å². The van der Waals surface area contributed by atoms with Crippen LogP contribution >= 0.6 is 0 Å². The minimum absolute atomic E-state index is 0.343. The van der Waals surface area contributed by atoms with Crippen molar-refractivity contribution < 1.29 is 9.47 Å². The predicted octanol–water partition coefficient (Wildman–Crippen LogP) is 5.44. The summed E-state index contributed by atoms with van der Waals surface area (Å²) in [4.78, 5) is 0. The summed E-state index contributed by atoms with van der Waals surface area (Å²) < 4.78 is 10.6. The van der Waals surface area contributed by atoms with Crippen molar-refractivity contribution in [2.45, 2.75) is 25.2 Å². The van der Waals surface area contributed by atoms with Gasteiger partial charge in [-0.15, -0.1) is 0 Å². The Morgan fingerprint density at radius 1 is 0.704 bits per heavy atom. The average molecular weight is 361 g/mol. The zero-order valence-corrected chi connectivity index (χ0v) is 16.0. The second-order valence-corrected chi connectivity index (χ2v) is 6.73. The maximum absolute atomic E-state index is 5.78. The fourth-order valence-electron chi connectivity index (χ4n) is 3.39. The molecule has 27 heavy (non-hydrogen) atoms. The first-order valence-electron chi connectivity index (χ1n) is 9.32. The maximum atomic E-state index is 5.78. The summed E-state index contributed by atoms with van der Waals surface area (Å²) in [6.07, 6.45) is 3.22. The third-order valence-electron chi connectivity index (χ3n) is 4.97. The molecule has 0 aliphatic carbocycles. The van der Waals surface area contributed by atoms with Crippen LogP contribution in [-0.2, 0) is 6.42 Å². The van der Waals surface area contributed by atoms with Crippen molar-refractivity contribution in [3.05, 3.63) is 89.5 Å². The molecule has 0 fully saturated rings. The van der Waals surface area contributed by atoms with Crippen molar-refractivity contribution in [2.75, 3.05) is 20.0 Å². The lowest BCUT2D eigenvalue weighted by Gasteiger charge is -2.19. The molecule has 0 saturated carbocycles. The number of nitrogens with two attached hydrogens (primary N) is 1. The molecule has 0 heterocycles. The van der Waals surface area contributed by atoms with Gasteiger partial charge in [-0.25, -0.2) is 0 Å². The molecule has 3 nitrogen and oxygen atoms in total. The molecular weight excluding hydrogens is 334 g/mol. The number of benzene rings is 3. The van der Waals surface area contributed by atoms with Crippen LogP contribution in [0.15, 0.2) is 72.8 Å². The van der Waals surface area contributed by atoms with Gasteiger partial charge in [-0.2, -0.15) is 0 Å². The van der Waals surface area contributed by atoms with Crippen LogP contribution in [0.1, 0.15) is 35.4 Å². The first-order chi connectivity index (χ1) is 13.2. The molecule has 140 valence electrons. The largest absolute Gasteiger partial charge is 0.497 e. The molecule has 3 aromatic carbocycles. The molecule has 0 spiro atoms. The zero-order chi connectivity index (χ0) is 19.1. The Labute approximate surface area is 161 Å². The Morgan fingerprint density at radius 3 is 1.63 bits per heavy atom. The second kappa shape index (κ2) is 9.13. The number of hydrogen-bond acceptors (Lipinski definition) is 3. The summed E-state index contributed by atoms with van der Waals surface area (Å²) in [5, 5.41) is 0. The van der Waals surface area contributed by atoms with Crippen molar-refractivity contribution in [1.82, 2.24) is 0 Å². The molecule has 0 bridgehead atoms. The maximum Gasteiger partial charge on any atom is 0.118 e. The van der Waals surface area contributed by atoms with Crippen LogP contribution in [0.5, 0.6) is 11.5 Å². The van der Waals surface area contributed by atoms with E-state index in [9.17, 15) is 0 Å². The summed E-state index contributed by atoms with van der Waals surface area (Å²) in [6, 6.07) is 25.0. The van der Waals surface area contributed by atoms with Crippen molar-refractivity contribution >= 4 is 5.69 Å². The SMILES string of the molecule is COc1ccc(C(CCCc2ccc(N)cc2)c2ccc(OC)cc2)cc1. The molecule has 3 heteroatoms. The van der Waals surface area contributed by atoms with E-state index < -0.39 is 0 Å². The van der Waals surface area contributed by atoms with Crippen LogP contribution in [0.4, 0.5) is 5.69 Å². The van der Waals surface area contributed by atoms with Gasteiger partial charge in [0.15, 0.2) is 0 Å². The zero-order valence-electron chi connectivity index (χ0n) is 16.0. The van der Waals surface area contributed by atoms with Gasteiger partial charge in [0.05, 0.1) is 14.2 Å². The number of aryl methyl sites for hydroxylation is 1. The summed E-state index contributed by atoms with van der Waals surface area (Å²) >= 11 is 0.